The molecule has 0 radical (unpaired) electrons. The van der Waals surface area contributed by atoms with Gasteiger partial charge in [-0.1, -0.05) is 97.7 Å². The van der Waals surface area contributed by atoms with Gasteiger partial charge in [-0.05, 0) is 70.0 Å². The minimum absolute atomic E-state index is 0.119. The van der Waals surface area contributed by atoms with Crippen LogP contribution in [-0.4, -0.2) is 16.3 Å². The molecule has 3 atom stereocenters. The summed E-state index contributed by atoms with van der Waals surface area (Å²) >= 11 is 7.65. The number of hydrogen-bond acceptors (Lipinski definition) is 1. The number of fused-ring (bicyclic) bond motifs is 1. The largest absolute Gasteiger partial charge is 0.368 e. The third-order valence-electron chi connectivity index (χ3n) is 7.02. The fourth-order valence-electron chi connectivity index (χ4n) is 4.10. The van der Waals surface area contributed by atoms with Crippen molar-refractivity contribution in [1.29, 1.82) is 0 Å². The Hall–Kier alpha value is -0.710. The first-order valence-corrected chi connectivity index (χ1v) is 13.0. The van der Waals surface area contributed by atoms with Gasteiger partial charge in [0, 0.05) is 9.65 Å². The highest BCUT2D eigenvalue weighted by molar-refractivity contribution is 9.09. The monoisotopic (exact) mass is 552 g/mol. The lowest BCUT2D eigenvalue weighted by Crippen LogP contribution is -2.29. The molecule has 0 fully saturated rings. The molecule has 0 N–H and O–H groups in total. The number of halogens is 3. The van der Waals surface area contributed by atoms with E-state index in [0.717, 1.165) is 24.8 Å². The first-order chi connectivity index (χ1) is 14.4. The molecular weight excluding hydrogens is 519 g/mol. The Balaban J connectivity index is 2.09. The molecule has 2 aromatic carbocycles. The zero-order valence-corrected chi connectivity index (χ0v) is 22.7. The molecule has 1 nitrogen and oxygen atoms in total. The summed E-state index contributed by atoms with van der Waals surface area (Å²) in [4.78, 5) is 0.818. The maximum absolute atomic E-state index is 13.5. The van der Waals surface area contributed by atoms with Gasteiger partial charge in [-0.15, -0.1) is 0 Å². The van der Waals surface area contributed by atoms with Crippen LogP contribution >= 0.6 is 31.9 Å². The van der Waals surface area contributed by atoms with Crippen molar-refractivity contribution in [2.75, 3.05) is 6.61 Å². The highest BCUT2D eigenvalue weighted by atomic mass is 79.9. The molecule has 170 valence electrons. The Morgan fingerprint density at radius 3 is 1.97 bits per heavy atom. The van der Waals surface area contributed by atoms with Gasteiger partial charge in [-0.2, -0.15) is 0 Å². The van der Waals surface area contributed by atoms with Gasteiger partial charge in [-0.25, -0.2) is 4.39 Å². The SMILES string of the molecule is CC(Br)C(C)(C)Cc1cc2c(cc1CC(C)(C)C(C)Br)C(c1ccc(F)cc1)OCC2. The van der Waals surface area contributed by atoms with Gasteiger partial charge in [0.1, 0.15) is 11.9 Å². The highest BCUT2D eigenvalue weighted by Crippen LogP contribution is 2.40. The Labute approximate surface area is 204 Å². The number of rotatable bonds is 7. The van der Waals surface area contributed by atoms with Gasteiger partial charge in [-0.3, -0.25) is 0 Å². The topological polar surface area (TPSA) is 9.23 Å². The molecule has 2 aromatic rings. The summed E-state index contributed by atoms with van der Waals surface area (Å²) in [7, 11) is 0. The molecule has 0 saturated heterocycles. The first-order valence-electron chi connectivity index (χ1n) is 11.2. The molecule has 3 rings (SSSR count). The summed E-state index contributed by atoms with van der Waals surface area (Å²) in [5, 5.41) is 0. The van der Waals surface area contributed by atoms with Gasteiger partial charge in [0.2, 0.25) is 0 Å². The van der Waals surface area contributed by atoms with Crippen molar-refractivity contribution in [2.24, 2.45) is 10.8 Å². The van der Waals surface area contributed by atoms with Gasteiger partial charge in [0.25, 0.3) is 0 Å². The fraction of sp³-hybridized carbons (Fsp3) is 0.556. The van der Waals surface area contributed by atoms with Crippen LogP contribution in [0.1, 0.15) is 75.5 Å². The fourth-order valence-corrected chi connectivity index (χ4v) is 4.43. The van der Waals surface area contributed by atoms with Crippen LogP contribution in [0.25, 0.3) is 0 Å². The summed E-state index contributed by atoms with van der Waals surface area (Å²) in [5.41, 5.74) is 6.72. The second kappa shape index (κ2) is 9.65. The van der Waals surface area contributed by atoms with Crippen molar-refractivity contribution in [3.63, 3.8) is 0 Å². The van der Waals surface area contributed by atoms with Crippen LogP contribution < -0.4 is 0 Å². The van der Waals surface area contributed by atoms with E-state index in [0.29, 0.717) is 16.3 Å². The van der Waals surface area contributed by atoms with E-state index in [1.165, 1.54) is 34.4 Å². The summed E-state index contributed by atoms with van der Waals surface area (Å²) in [6.07, 6.45) is 2.80. The smallest absolute Gasteiger partial charge is 0.123 e. The van der Waals surface area contributed by atoms with Gasteiger partial charge in [0.05, 0.1) is 6.61 Å². The molecule has 0 saturated carbocycles. The molecule has 0 bridgehead atoms. The first kappa shape index (κ1) is 24.9. The molecule has 0 aromatic heterocycles. The van der Waals surface area contributed by atoms with Crippen LogP contribution in [0.15, 0.2) is 36.4 Å². The Morgan fingerprint density at radius 1 is 0.935 bits per heavy atom. The van der Waals surface area contributed by atoms with Crippen LogP contribution in [0.4, 0.5) is 4.39 Å². The van der Waals surface area contributed by atoms with Crippen molar-refractivity contribution in [3.8, 4) is 0 Å². The van der Waals surface area contributed by atoms with Crippen molar-refractivity contribution in [2.45, 2.75) is 76.6 Å². The highest BCUT2D eigenvalue weighted by Gasteiger charge is 2.31. The zero-order valence-electron chi connectivity index (χ0n) is 19.6. The van der Waals surface area contributed by atoms with Crippen molar-refractivity contribution in [1.82, 2.24) is 0 Å². The van der Waals surface area contributed by atoms with Gasteiger partial charge in [0.15, 0.2) is 0 Å². The van der Waals surface area contributed by atoms with E-state index in [1.54, 1.807) is 0 Å². The van der Waals surface area contributed by atoms with Crippen LogP contribution in [0, 0.1) is 16.6 Å². The third-order valence-corrected chi connectivity index (χ3v) is 9.50. The number of ether oxygens (including phenoxy) is 1. The van der Waals surface area contributed by atoms with E-state index in [2.05, 4.69) is 85.5 Å². The molecule has 3 unspecified atom stereocenters. The maximum atomic E-state index is 13.5. The van der Waals surface area contributed by atoms with Crippen LogP contribution in [0.3, 0.4) is 0 Å². The minimum atomic E-state index is -0.213. The van der Waals surface area contributed by atoms with E-state index in [4.69, 9.17) is 4.74 Å². The molecule has 4 heteroatoms. The van der Waals surface area contributed by atoms with Crippen LogP contribution in [0.5, 0.6) is 0 Å². The molecule has 0 amide bonds. The average molecular weight is 554 g/mol. The predicted octanol–water partition coefficient (Wildman–Crippen LogP) is 8.19. The summed E-state index contributed by atoms with van der Waals surface area (Å²) in [5.74, 6) is -0.213. The zero-order chi connectivity index (χ0) is 23.0. The molecule has 1 aliphatic heterocycles. The van der Waals surface area contributed by atoms with Gasteiger partial charge < -0.3 is 4.74 Å². The predicted molar refractivity (Wildman–Crippen MR) is 136 cm³/mol. The Bertz CT molecular complexity index is 900. The Morgan fingerprint density at radius 2 is 1.45 bits per heavy atom. The summed E-state index contributed by atoms with van der Waals surface area (Å²) in [6.45, 7) is 14.5. The second-order valence-electron chi connectivity index (χ2n) is 10.4. The van der Waals surface area contributed by atoms with E-state index >= 15 is 0 Å². The number of benzene rings is 2. The standard InChI is InChI=1S/C27H35Br2FO/c1-17(28)26(3,4)15-21-13-20-11-12-31-25(19-7-9-23(30)10-8-19)24(20)14-22(21)16-27(5,6)18(2)29/h7-10,13-14,17-18,25H,11-12,15-16H2,1-6H3. The minimum Gasteiger partial charge on any atom is -0.368 e. The van der Waals surface area contributed by atoms with Crippen molar-refractivity contribution >= 4 is 31.9 Å². The summed E-state index contributed by atoms with van der Waals surface area (Å²) in [6, 6.07) is 11.6. The lowest BCUT2D eigenvalue weighted by molar-refractivity contribution is 0.0696. The normalized spacial score (nSPS) is 19.1. The second-order valence-corrected chi connectivity index (χ2v) is 13.2. The van der Waals surface area contributed by atoms with E-state index in [9.17, 15) is 4.39 Å². The van der Waals surface area contributed by atoms with Crippen molar-refractivity contribution < 1.29 is 9.13 Å². The molecule has 0 aliphatic carbocycles. The Kier molecular flexibility index (Phi) is 7.76. The summed E-state index contributed by atoms with van der Waals surface area (Å²) < 4.78 is 19.7. The van der Waals surface area contributed by atoms with Crippen molar-refractivity contribution in [3.05, 3.63) is 70.0 Å². The lowest BCUT2D eigenvalue weighted by atomic mass is 9.75. The lowest BCUT2D eigenvalue weighted by Gasteiger charge is -2.34. The molecule has 0 spiro atoms. The van der Waals surface area contributed by atoms with E-state index in [1.807, 2.05) is 12.1 Å². The van der Waals surface area contributed by atoms with Crippen LogP contribution in [0.2, 0.25) is 0 Å². The maximum Gasteiger partial charge on any atom is 0.123 e. The molecule has 31 heavy (non-hydrogen) atoms. The quantitative estimate of drug-likeness (QED) is 0.314. The third kappa shape index (κ3) is 5.81. The molecule has 1 heterocycles. The molecule has 1 aliphatic rings. The average Bonchev–Trinajstić information content (AvgIpc) is 2.68. The number of hydrogen-bond donors (Lipinski definition) is 0. The van der Waals surface area contributed by atoms with Crippen LogP contribution in [-0.2, 0) is 24.0 Å². The molecular formula is C27H35Br2FO. The van der Waals surface area contributed by atoms with E-state index < -0.39 is 0 Å². The number of alkyl halides is 2. The van der Waals surface area contributed by atoms with Gasteiger partial charge >= 0.3 is 0 Å². The van der Waals surface area contributed by atoms with E-state index in [-0.39, 0.29) is 22.8 Å².